The highest BCUT2D eigenvalue weighted by Gasteiger charge is 2.21. The van der Waals surface area contributed by atoms with Crippen LogP contribution in [0.25, 0.3) is 5.69 Å². The zero-order chi connectivity index (χ0) is 19.4. The maximum absolute atomic E-state index is 12.5. The lowest BCUT2D eigenvalue weighted by Crippen LogP contribution is -2.27. The van der Waals surface area contributed by atoms with Gasteiger partial charge >= 0.3 is 0 Å². The van der Waals surface area contributed by atoms with Crippen LogP contribution in [-0.4, -0.2) is 26.6 Å². The summed E-state index contributed by atoms with van der Waals surface area (Å²) in [7, 11) is 0. The van der Waals surface area contributed by atoms with Gasteiger partial charge in [-0.05, 0) is 42.5 Å². The van der Waals surface area contributed by atoms with Crippen LogP contribution in [0, 0.1) is 5.41 Å². The first-order valence-electron chi connectivity index (χ1n) is 8.51. The second-order valence-electron chi connectivity index (χ2n) is 7.13. The van der Waals surface area contributed by atoms with Crippen molar-refractivity contribution in [2.75, 3.05) is 10.6 Å². The SMILES string of the molecule is CC(C)(C)C(=O)Nc1cccc(C(=O)Nc2ccc(-n3cncn3)cc2)c1. The monoisotopic (exact) mass is 363 g/mol. The molecule has 2 N–H and O–H groups in total. The minimum Gasteiger partial charge on any atom is -0.326 e. The van der Waals surface area contributed by atoms with Gasteiger partial charge in [-0.1, -0.05) is 26.8 Å². The molecule has 138 valence electrons. The minimum atomic E-state index is -0.510. The molecule has 7 nitrogen and oxygen atoms in total. The van der Waals surface area contributed by atoms with E-state index in [-0.39, 0.29) is 11.8 Å². The topological polar surface area (TPSA) is 88.9 Å². The lowest BCUT2D eigenvalue weighted by atomic mass is 9.95. The molecule has 0 unspecified atom stereocenters. The number of aromatic nitrogens is 3. The van der Waals surface area contributed by atoms with E-state index >= 15 is 0 Å². The van der Waals surface area contributed by atoms with Crippen molar-refractivity contribution in [2.24, 2.45) is 5.41 Å². The van der Waals surface area contributed by atoms with Gasteiger partial charge < -0.3 is 10.6 Å². The fourth-order valence-corrected chi connectivity index (χ4v) is 2.30. The zero-order valence-corrected chi connectivity index (χ0v) is 15.4. The molecule has 0 spiro atoms. The Morgan fingerprint density at radius 1 is 0.963 bits per heavy atom. The largest absolute Gasteiger partial charge is 0.326 e. The third-order valence-corrected chi connectivity index (χ3v) is 3.87. The lowest BCUT2D eigenvalue weighted by Gasteiger charge is -2.18. The van der Waals surface area contributed by atoms with E-state index in [1.165, 1.54) is 6.33 Å². The van der Waals surface area contributed by atoms with Crippen LogP contribution in [0.5, 0.6) is 0 Å². The molecule has 0 radical (unpaired) electrons. The second kappa shape index (κ2) is 7.41. The van der Waals surface area contributed by atoms with Crippen LogP contribution in [0.15, 0.2) is 61.2 Å². The van der Waals surface area contributed by atoms with E-state index in [0.29, 0.717) is 16.9 Å². The highest BCUT2D eigenvalue weighted by atomic mass is 16.2. The summed E-state index contributed by atoms with van der Waals surface area (Å²) < 4.78 is 1.63. The van der Waals surface area contributed by atoms with Gasteiger partial charge in [-0.2, -0.15) is 5.10 Å². The molecule has 0 fully saturated rings. The van der Waals surface area contributed by atoms with Gasteiger partial charge in [-0.25, -0.2) is 9.67 Å². The molecule has 2 aromatic carbocycles. The Bertz CT molecular complexity index is 941. The molecular weight excluding hydrogens is 342 g/mol. The third kappa shape index (κ3) is 4.58. The van der Waals surface area contributed by atoms with Gasteiger partial charge in [0.05, 0.1) is 5.69 Å². The predicted octanol–water partition coefficient (Wildman–Crippen LogP) is 3.50. The van der Waals surface area contributed by atoms with Gasteiger partial charge in [0.1, 0.15) is 12.7 Å². The number of hydrogen-bond acceptors (Lipinski definition) is 4. The van der Waals surface area contributed by atoms with Crippen LogP contribution in [-0.2, 0) is 4.79 Å². The molecule has 2 amide bonds. The predicted molar refractivity (Wildman–Crippen MR) is 104 cm³/mol. The number of nitrogens with one attached hydrogen (secondary N) is 2. The molecule has 0 aliphatic heterocycles. The standard InChI is InChI=1S/C20H21N5O2/c1-20(2,3)19(27)24-16-6-4-5-14(11-16)18(26)23-15-7-9-17(10-8-15)25-13-21-12-22-25/h4-13H,1-3H3,(H,23,26)(H,24,27). The van der Waals surface area contributed by atoms with Crippen LogP contribution >= 0.6 is 0 Å². The summed E-state index contributed by atoms with van der Waals surface area (Å²) in [6, 6.07) is 14.1. The van der Waals surface area contributed by atoms with E-state index in [1.807, 2.05) is 32.9 Å². The Kier molecular flexibility index (Phi) is 5.03. The van der Waals surface area contributed by atoms with Gasteiger partial charge in [0.2, 0.25) is 5.91 Å². The molecule has 0 saturated carbocycles. The maximum Gasteiger partial charge on any atom is 0.255 e. The number of hydrogen-bond donors (Lipinski definition) is 2. The van der Waals surface area contributed by atoms with Crippen molar-refractivity contribution in [3.63, 3.8) is 0 Å². The third-order valence-electron chi connectivity index (χ3n) is 3.87. The number of carbonyl (C=O) groups is 2. The molecule has 0 bridgehead atoms. The Morgan fingerprint density at radius 3 is 2.33 bits per heavy atom. The van der Waals surface area contributed by atoms with Gasteiger partial charge in [-0.15, -0.1) is 0 Å². The van der Waals surface area contributed by atoms with Crippen molar-refractivity contribution < 1.29 is 9.59 Å². The van der Waals surface area contributed by atoms with Crippen LogP contribution < -0.4 is 10.6 Å². The van der Waals surface area contributed by atoms with Crippen molar-refractivity contribution in [3.8, 4) is 5.69 Å². The fraction of sp³-hybridized carbons (Fsp3) is 0.200. The van der Waals surface area contributed by atoms with Crippen molar-refractivity contribution in [2.45, 2.75) is 20.8 Å². The smallest absolute Gasteiger partial charge is 0.255 e. The highest BCUT2D eigenvalue weighted by Crippen LogP contribution is 2.19. The highest BCUT2D eigenvalue weighted by molar-refractivity contribution is 6.05. The van der Waals surface area contributed by atoms with Gasteiger partial charge in [-0.3, -0.25) is 9.59 Å². The first-order chi connectivity index (χ1) is 12.8. The van der Waals surface area contributed by atoms with E-state index in [1.54, 1.807) is 47.4 Å². The van der Waals surface area contributed by atoms with Crippen molar-refractivity contribution >= 4 is 23.2 Å². The number of nitrogens with zero attached hydrogens (tertiary/aromatic N) is 3. The number of rotatable bonds is 4. The molecule has 0 saturated heterocycles. The van der Waals surface area contributed by atoms with Crippen LogP contribution in [0.1, 0.15) is 31.1 Å². The van der Waals surface area contributed by atoms with E-state index in [2.05, 4.69) is 20.7 Å². The summed E-state index contributed by atoms with van der Waals surface area (Å²) >= 11 is 0. The average Bonchev–Trinajstić information content (AvgIpc) is 3.16. The Hall–Kier alpha value is -3.48. The van der Waals surface area contributed by atoms with Crippen molar-refractivity contribution in [1.82, 2.24) is 14.8 Å². The summed E-state index contributed by atoms with van der Waals surface area (Å²) in [4.78, 5) is 28.5. The molecule has 0 atom stereocenters. The summed E-state index contributed by atoms with van der Waals surface area (Å²) in [5, 5.41) is 9.73. The van der Waals surface area contributed by atoms with E-state index in [0.717, 1.165) is 5.69 Å². The maximum atomic E-state index is 12.5. The zero-order valence-electron chi connectivity index (χ0n) is 15.4. The summed E-state index contributed by atoms with van der Waals surface area (Å²) in [5.41, 5.74) is 2.04. The van der Waals surface area contributed by atoms with Crippen molar-refractivity contribution in [3.05, 3.63) is 66.7 Å². The number of amides is 2. The summed E-state index contributed by atoms with van der Waals surface area (Å²) in [6.07, 6.45) is 3.06. The molecule has 0 aliphatic rings. The van der Waals surface area contributed by atoms with Crippen LogP contribution in [0.4, 0.5) is 11.4 Å². The van der Waals surface area contributed by atoms with E-state index < -0.39 is 5.41 Å². The molecule has 3 rings (SSSR count). The van der Waals surface area contributed by atoms with Gasteiger partial charge in [0.25, 0.3) is 5.91 Å². The Labute approximate surface area is 157 Å². The lowest BCUT2D eigenvalue weighted by molar-refractivity contribution is -0.123. The van der Waals surface area contributed by atoms with Crippen LogP contribution in [0.3, 0.4) is 0 Å². The summed E-state index contributed by atoms with van der Waals surface area (Å²) in [6.45, 7) is 5.51. The average molecular weight is 363 g/mol. The molecule has 27 heavy (non-hydrogen) atoms. The quantitative estimate of drug-likeness (QED) is 0.742. The van der Waals surface area contributed by atoms with E-state index in [9.17, 15) is 9.59 Å². The van der Waals surface area contributed by atoms with Gasteiger partial charge in [0, 0.05) is 22.4 Å². The normalized spacial score (nSPS) is 11.1. The Balaban J connectivity index is 1.69. The number of benzene rings is 2. The molecule has 3 aromatic rings. The summed E-state index contributed by atoms with van der Waals surface area (Å²) in [5.74, 6) is -0.362. The Morgan fingerprint density at radius 2 is 1.70 bits per heavy atom. The van der Waals surface area contributed by atoms with E-state index in [4.69, 9.17) is 0 Å². The first-order valence-corrected chi connectivity index (χ1v) is 8.51. The second-order valence-corrected chi connectivity index (χ2v) is 7.13. The molecular formula is C20H21N5O2. The number of anilines is 2. The van der Waals surface area contributed by atoms with Gasteiger partial charge in [0.15, 0.2) is 0 Å². The van der Waals surface area contributed by atoms with Crippen molar-refractivity contribution in [1.29, 1.82) is 0 Å². The molecule has 7 heteroatoms. The molecule has 0 aliphatic carbocycles. The minimum absolute atomic E-state index is 0.108. The first kappa shape index (κ1) is 18.3. The molecule has 1 aromatic heterocycles. The molecule has 1 heterocycles. The fourth-order valence-electron chi connectivity index (χ4n) is 2.30. The number of carbonyl (C=O) groups excluding carboxylic acids is 2. The van der Waals surface area contributed by atoms with Crippen LogP contribution in [0.2, 0.25) is 0 Å².